The van der Waals surface area contributed by atoms with E-state index in [1.54, 1.807) is 18.2 Å². The van der Waals surface area contributed by atoms with Gasteiger partial charge in [-0.1, -0.05) is 29.3 Å². The van der Waals surface area contributed by atoms with Crippen LogP contribution in [0, 0.1) is 0 Å². The highest BCUT2D eigenvalue weighted by Crippen LogP contribution is 2.23. The molecule has 0 bridgehead atoms. The minimum atomic E-state index is -1.52. The van der Waals surface area contributed by atoms with Crippen LogP contribution in [0.2, 0.25) is 10.0 Å². The Kier molecular flexibility index (Phi) is 6.71. The van der Waals surface area contributed by atoms with Crippen LogP contribution in [-0.2, 0) is 11.2 Å². The first-order valence-corrected chi connectivity index (χ1v) is 6.76. The quantitative estimate of drug-likeness (QED) is 0.609. The van der Waals surface area contributed by atoms with E-state index in [-0.39, 0.29) is 6.42 Å². The van der Waals surface area contributed by atoms with Crippen molar-refractivity contribution < 1.29 is 25.2 Å². The number of halogens is 2. The van der Waals surface area contributed by atoms with Crippen LogP contribution >= 0.6 is 23.2 Å². The number of aliphatic hydroxyl groups excluding tert-OH is 3. The molecule has 0 aliphatic heterocycles. The minimum absolute atomic E-state index is 0.138. The number of carboxylic acid groups (broad SMARTS) is 1. The molecule has 1 rings (SSSR count). The molecule has 0 radical (unpaired) electrons. The molecule has 5 nitrogen and oxygen atoms in total. The number of carbonyl (C=O) groups is 1. The summed E-state index contributed by atoms with van der Waals surface area (Å²) in [6, 6.07) is 4.93. The van der Waals surface area contributed by atoms with Crippen molar-refractivity contribution in [2.24, 2.45) is 0 Å². The number of aliphatic hydroxyl groups is 3. The van der Waals surface area contributed by atoms with Gasteiger partial charge in [-0.3, -0.25) is 4.79 Å². The second-order valence-electron chi connectivity index (χ2n) is 4.50. The Bertz CT molecular complexity index is 466. The maximum absolute atomic E-state index is 10.4. The highest BCUT2D eigenvalue weighted by Gasteiger charge is 2.26. The third-order valence-electron chi connectivity index (χ3n) is 2.90. The molecule has 3 atom stereocenters. The predicted octanol–water partition coefficient (Wildman–Crippen LogP) is 1.48. The lowest BCUT2D eigenvalue weighted by molar-refractivity contribution is -0.143. The lowest BCUT2D eigenvalue weighted by atomic mass is 9.99. The molecule has 4 N–H and O–H groups in total. The molecule has 0 aliphatic rings. The Morgan fingerprint density at radius 3 is 2.35 bits per heavy atom. The third-order valence-corrected chi connectivity index (χ3v) is 3.48. The van der Waals surface area contributed by atoms with E-state index in [0.29, 0.717) is 16.5 Å². The van der Waals surface area contributed by atoms with Gasteiger partial charge in [0.25, 0.3) is 0 Å². The standard InChI is InChI=1S/C13H16Cl2O5/c14-8-3-1-7(9(15)5-8)2-4-10(16)13(20)11(17)6-12(18)19/h1,3,5,10-11,13,16-17,20H,2,4,6H2,(H,18,19). The molecule has 1 aromatic carbocycles. The van der Waals surface area contributed by atoms with Crippen LogP contribution in [0.15, 0.2) is 18.2 Å². The van der Waals surface area contributed by atoms with E-state index in [4.69, 9.17) is 28.3 Å². The Balaban J connectivity index is 2.53. The molecule has 0 saturated carbocycles. The summed E-state index contributed by atoms with van der Waals surface area (Å²) in [5.41, 5.74) is 0.745. The van der Waals surface area contributed by atoms with Crippen molar-refractivity contribution in [1.29, 1.82) is 0 Å². The van der Waals surface area contributed by atoms with Crippen molar-refractivity contribution in [2.75, 3.05) is 0 Å². The number of hydrogen-bond donors (Lipinski definition) is 4. The summed E-state index contributed by atoms with van der Waals surface area (Å²) in [6.07, 6.45) is -4.39. The zero-order chi connectivity index (χ0) is 15.3. The topological polar surface area (TPSA) is 98.0 Å². The van der Waals surface area contributed by atoms with Gasteiger partial charge in [-0.05, 0) is 30.5 Å². The van der Waals surface area contributed by atoms with Gasteiger partial charge < -0.3 is 20.4 Å². The summed E-state index contributed by atoms with van der Waals surface area (Å²) in [5.74, 6) is -1.25. The molecule has 20 heavy (non-hydrogen) atoms. The molecular formula is C13H16Cl2O5. The SMILES string of the molecule is O=C(O)CC(O)C(O)C(O)CCc1ccc(Cl)cc1Cl. The first kappa shape index (κ1) is 17.2. The number of aliphatic carboxylic acids is 1. The summed E-state index contributed by atoms with van der Waals surface area (Å²) in [5, 5.41) is 38.2. The molecule has 0 aliphatic carbocycles. The fourth-order valence-electron chi connectivity index (χ4n) is 1.75. The summed E-state index contributed by atoms with van der Waals surface area (Å²) >= 11 is 11.7. The zero-order valence-corrected chi connectivity index (χ0v) is 12.1. The summed E-state index contributed by atoms with van der Waals surface area (Å²) < 4.78 is 0. The average Bonchev–Trinajstić information content (AvgIpc) is 2.35. The van der Waals surface area contributed by atoms with Crippen molar-refractivity contribution >= 4 is 29.2 Å². The molecule has 0 fully saturated rings. The molecule has 1 aromatic rings. The summed E-state index contributed by atoms with van der Waals surface area (Å²) in [6.45, 7) is 0. The minimum Gasteiger partial charge on any atom is -0.481 e. The molecule has 0 saturated heterocycles. The van der Waals surface area contributed by atoms with Crippen LogP contribution in [0.25, 0.3) is 0 Å². The average molecular weight is 323 g/mol. The highest BCUT2D eigenvalue weighted by atomic mass is 35.5. The van der Waals surface area contributed by atoms with Gasteiger partial charge >= 0.3 is 5.97 Å². The third kappa shape index (κ3) is 5.26. The van der Waals surface area contributed by atoms with Gasteiger partial charge in [0.15, 0.2) is 0 Å². The molecule has 0 aromatic heterocycles. The van der Waals surface area contributed by atoms with Gasteiger partial charge in [-0.25, -0.2) is 0 Å². The molecule has 112 valence electrons. The molecule has 0 amide bonds. The zero-order valence-electron chi connectivity index (χ0n) is 10.5. The van der Waals surface area contributed by atoms with E-state index < -0.39 is 30.7 Å². The molecular weight excluding hydrogens is 307 g/mol. The first-order valence-electron chi connectivity index (χ1n) is 6.01. The Morgan fingerprint density at radius 1 is 1.15 bits per heavy atom. The van der Waals surface area contributed by atoms with E-state index in [1.165, 1.54) is 0 Å². The van der Waals surface area contributed by atoms with Gasteiger partial charge in [-0.15, -0.1) is 0 Å². The van der Waals surface area contributed by atoms with Crippen molar-refractivity contribution in [3.05, 3.63) is 33.8 Å². The lowest BCUT2D eigenvalue weighted by Gasteiger charge is -2.22. The van der Waals surface area contributed by atoms with Crippen molar-refractivity contribution in [3.63, 3.8) is 0 Å². The van der Waals surface area contributed by atoms with E-state index in [0.717, 1.165) is 5.56 Å². The first-order chi connectivity index (χ1) is 9.31. The van der Waals surface area contributed by atoms with Gasteiger partial charge in [0, 0.05) is 10.0 Å². The van der Waals surface area contributed by atoms with Gasteiger partial charge in [0.1, 0.15) is 6.10 Å². The monoisotopic (exact) mass is 322 g/mol. The van der Waals surface area contributed by atoms with Crippen LogP contribution in [-0.4, -0.2) is 44.7 Å². The molecule has 0 heterocycles. The van der Waals surface area contributed by atoms with Crippen molar-refractivity contribution in [1.82, 2.24) is 0 Å². The largest absolute Gasteiger partial charge is 0.481 e. The van der Waals surface area contributed by atoms with Gasteiger partial charge in [-0.2, -0.15) is 0 Å². The van der Waals surface area contributed by atoms with E-state index in [9.17, 15) is 20.1 Å². The van der Waals surface area contributed by atoms with Crippen LogP contribution in [0.3, 0.4) is 0 Å². The Labute approximate surface area is 126 Å². The number of aryl methyl sites for hydroxylation is 1. The van der Waals surface area contributed by atoms with Crippen molar-refractivity contribution in [2.45, 2.75) is 37.6 Å². The van der Waals surface area contributed by atoms with Crippen LogP contribution in [0.1, 0.15) is 18.4 Å². The van der Waals surface area contributed by atoms with E-state index in [2.05, 4.69) is 0 Å². The van der Waals surface area contributed by atoms with Gasteiger partial charge in [0.05, 0.1) is 18.6 Å². The second kappa shape index (κ2) is 7.81. The van der Waals surface area contributed by atoms with Crippen LogP contribution in [0.4, 0.5) is 0 Å². The number of benzene rings is 1. The molecule has 7 heteroatoms. The van der Waals surface area contributed by atoms with Crippen LogP contribution in [0.5, 0.6) is 0 Å². The summed E-state index contributed by atoms with van der Waals surface area (Å²) in [4.78, 5) is 10.4. The maximum Gasteiger partial charge on any atom is 0.306 e. The van der Waals surface area contributed by atoms with Gasteiger partial charge in [0.2, 0.25) is 0 Å². The van der Waals surface area contributed by atoms with Crippen LogP contribution < -0.4 is 0 Å². The van der Waals surface area contributed by atoms with E-state index >= 15 is 0 Å². The normalized spacial score (nSPS) is 15.7. The lowest BCUT2D eigenvalue weighted by Crippen LogP contribution is -2.38. The number of hydrogen-bond acceptors (Lipinski definition) is 4. The smallest absolute Gasteiger partial charge is 0.306 e. The Hall–Kier alpha value is -0.850. The van der Waals surface area contributed by atoms with Crippen molar-refractivity contribution in [3.8, 4) is 0 Å². The Morgan fingerprint density at radius 2 is 1.80 bits per heavy atom. The number of carboxylic acids is 1. The highest BCUT2D eigenvalue weighted by molar-refractivity contribution is 6.35. The number of rotatable bonds is 7. The molecule has 0 spiro atoms. The molecule has 3 unspecified atom stereocenters. The fraction of sp³-hybridized carbons (Fsp3) is 0.462. The predicted molar refractivity (Wildman–Crippen MR) is 75.1 cm³/mol. The second-order valence-corrected chi connectivity index (χ2v) is 5.34. The maximum atomic E-state index is 10.4. The van der Waals surface area contributed by atoms with E-state index in [1.807, 2.05) is 0 Å². The summed E-state index contributed by atoms with van der Waals surface area (Å²) in [7, 11) is 0. The fourth-order valence-corrected chi connectivity index (χ4v) is 2.26.